The Morgan fingerprint density at radius 1 is 1.60 bits per heavy atom. The maximum atomic E-state index is 12.3. The number of alkyl carbamates (subject to hydrolysis) is 1. The van der Waals surface area contributed by atoms with Crippen LogP contribution in [0.4, 0.5) is 10.5 Å². The minimum atomic E-state index is -0.489. The number of aromatic amines is 1. The lowest BCUT2D eigenvalue weighted by molar-refractivity contribution is 0.0783. The maximum Gasteiger partial charge on any atom is 0.407 e. The summed E-state index contributed by atoms with van der Waals surface area (Å²) in [5.74, 6) is -0.215. The van der Waals surface area contributed by atoms with Crippen LogP contribution in [-0.4, -0.2) is 53.3 Å². The van der Waals surface area contributed by atoms with Gasteiger partial charge in [0.1, 0.15) is 0 Å². The second-order valence-corrected chi connectivity index (χ2v) is 4.69. The van der Waals surface area contributed by atoms with Crippen molar-refractivity contribution >= 4 is 17.7 Å². The van der Waals surface area contributed by atoms with Crippen molar-refractivity contribution in [2.45, 2.75) is 25.8 Å². The number of nitrogens with two attached hydrogens (primary N) is 1. The highest BCUT2D eigenvalue weighted by Gasteiger charge is 2.30. The number of likely N-dealkylation sites (tertiary alicyclic amines) is 1. The largest absolute Gasteiger partial charge is 0.453 e. The second kappa shape index (κ2) is 5.81. The molecule has 0 bridgehead atoms. The normalized spacial score (nSPS) is 18.1. The Morgan fingerprint density at radius 3 is 2.95 bits per heavy atom. The molecular formula is C12H19N5O3. The topological polar surface area (TPSA) is 113 Å². The van der Waals surface area contributed by atoms with E-state index in [0.29, 0.717) is 31.6 Å². The average molecular weight is 281 g/mol. The van der Waals surface area contributed by atoms with Gasteiger partial charge in [-0.3, -0.25) is 9.89 Å². The molecule has 8 nitrogen and oxygen atoms in total. The number of aryl methyl sites for hydroxylation is 1. The predicted octanol–water partition coefficient (Wildman–Crippen LogP) is 0.125. The van der Waals surface area contributed by atoms with Gasteiger partial charge in [-0.25, -0.2) is 4.79 Å². The summed E-state index contributed by atoms with van der Waals surface area (Å²) in [5.41, 5.74) is 7.30. The molecule has 0 spiro atoms. The number of methoxy groups -OCH3 is 1. The molecule has 1 aliphatic heterocycles. The number of nitrogens with one attached hydrogen (secondary N) is 2. The molecule has 1 atom stereocenters. The van der Waals surface area contributed by atoms with Crippen LogP contribution in [0.15, 0.2) is 0 Å². The summed E-state index contributed by atoms with van der Waals surface area (Å²) in [7, 11) is 1.31. The molecule has 4 N–H and O–H groups in total. The van der Waals surface area contributed by atoms with E-state index in [0.717, 1.165) is 5.69 Å². The highest BCUT2D eigenvalue weighted by atomic mass is 16.5. The third-order valence-electron chi connectivity index (χ3n) is 3.42. The second-order valence-electron chi connectivity index (χ2n) is 4.69. The van der Waals surface area contributed by atoms with E-state index in [1.165, 1.54) is 7.11 Å². The lowest BCUT2D eigenvalue weighted by Gasteiger charge is -2.16. The fourth-order valence-corrected chi connectivity index (χ4v) is 2.26. The Balaban J connectivity index is 2.00. The van der Waals surface area contributed by atoms with Gasteiger partial charge in [0.2, 0.25) is 0 Å². The van der Waals surface area contributed by atoms with E-state index in [9.17, 15) is 9.59 Å². The van der Waals surface area contributed by atoms with Gasteiger partial charge in [-0.05, 0) is 12.8 Å². The SMILES string of the molecule is CCc1[nH]nc(C(=O)N2CCC(NC(=O)OC)C2)c1N. The fourth-order valence-electron chi connectivity index (χ4n) is 2.26. The number of carbonyl (C=O) groups excluding carboxylic acids is 2. The van der Waals surface area contributed by atoms with Crippen molar-refractivity contribution in [2.24, 2.45) is 0 Å². The first-order chi connectivity index (χ1) is 9.56. The molecule has 0 saturated carbocycles. The van der Waals surface area contributed by atoms with Crippen molar-refractivity contribution in [3.8, 4) is 0 Å². The predicted molar refractivity (Wildman–Crippen MR) is 72.2 cm³/mol. The number of nitrogens with zero attached hydrogens (tertiary/aromatic N) is 2. The summed E-state index contributed by atoms with van der Waals surface area (Å²) in [6, 6.07) is -0.0998. The van der Waals surface area contributed by atoms with Gasteiger partial charge in [-0.1, -0.05) is 6.92 Å². The van der Waals surface area contributed by atoms with Gasteiger partial charge in [0, 0.05) is 13.1 Å². The molecule has 8 heteroatoms. The molecule has 1 aromatic heterocycles. The summed E-state index contributed by atoms with van der Waals surface area (Å²) < 4.78 is 4.54. The van der Waals surface area contributed by atoms with E-state index in [2.05, 4.69) is 20.3 Å². The Hall–Kier alpha value is -2.25. The highest BCUT2D eigenvalue weighted by molar-refractivity contribution is 5.97. The first-order valence-corrected chi connectivity index (χ1v) is 6.53. The molecule has 1 aliphatic rings. The van der Waals surface area contributed by atoms with Crippen molar-refractivity contribution in [2.75, 3.05) is 25.9 Å². The van der Waals surface area contributed by atoms with Crippen LogP contribution in [0.5, 0.6) is 0 Å². The van der Waals surface area contributed by atoms with Crippen LogP contribution in [0.1, 0.15) is 29.5 Å². The molecule has 2 heterocycles. The Labute approximate surface area is 116 Å². The fraction of sp³-hybridized carbons (Fsp3) is 0.583. The summed E-state index contributed by atoms with van der Waals surface area (Å²) in [5, 5.41) is 9.43. The molecule has 1 saturated heterocycles. The average Bonchev–Trinajstić information content (AvgIpc) is 3.04. The molecule has 2 amide bonds. The lowest BCUT2D eigenvalue weighted by Crippen LogP contribution is -2.38. The Morgan fingerprint density at radius 2 is 2.35 bits per heavy atom. The van der Waals surface area contributed by atoms with Crippen LogP contribution in [0.25, 0.3) is 0 Å². The summed E-state index contributed by atoms with van der Waals surface area (Å²) in [6.45, 7) is 2.92. The van der Waals surface area contributed by atoms with Gasteiger partial charge < -0.3 is 20.7 Å². The molecule has 2 rings (SSSR count). The summed E-state index contributed by atoms with van der Waals surface area (Å²) in [4.78, 5) is 25.1. The number of anilines is 1. The lowest BCUT2D eigenvalue weighted by atomic mass is 10.2. The zero-order chi connectivity index (χ0) is 14.7. The minimum absolute atomic E-state index is 0.0998. The molecule has 1 unspecified atom stereocenters. The van der Waals surface area contributed by atoms with E-state index < -0.39 is 6.09 Å². The van der Waals surface area contributed by atoms with Crippen LogP contribution < -0.4 is 11.1 Å². The quantitative estimate of drug-likeness (QED) is 0.728. The number of hydrogen-bond acceptors (Lipinski definition) is 5. The van der Waals surface area contributed by atoms with Crippen molar-refractivity contribution in [3.05, 3.63) is 11.4 Å². The first-order valence-electron chi connectivity index (χ1n) is 6.53. The van der Waals surface area contributed by atoms with E-state index >= 15 is 0 Å². The van der Waals surface area contributed by atoms with Crippen LogP contribution >= 0.6 is 0 Å². The minimum Gasteiger partial charge on any atom is -0.453 e. The Bertz CT molecular complexity index is 513. The number of H-pyrrole nitrogens is 1. The van der Waals surface area contributed by atoms with Crippen LogP contribution in [0, 0.1) is 0 Å². The van der Waals surface area contributed by atoms with E-state index in [-0.39, 0.29) is 17.6 Å². The number of amides is 2. The molecule has 0 radical (unpaired) electrons. The molecule has 0 aromatic carbocycles. The van der Waals surface area contributed by atoms with Gasteiger partial charge in [-0.2, -0.15) is 5.10 Å². The van der Waals surface area contributed by atoms with Gasteiger partial charge in [0.05, 0.1) is 24.5 Å². The van der Waals surface area contributed by atoms with Crippen LogP contribution in [0.3, 0.4) is 0 Å². The number of carbonyl (C=O) groups is 2. The van der Waals surface area contributed by atoms with E-state index in [1.807, 2.05) is 6.92 Å². The van der Waals surface area contributed by atoms with E-state index in [1.54, 1.807) is 4.90 Å². The molecule has 1 aromatic rings. The molecule has 110 valence electrons. The van der Waals surface area contributed by atoms with Gasteiger partial charge >= 0.3 is 6.09 Å². The van der Waals surface area contributed by atoms with Crippen LogP contribution in [0.2, 0.25) is 0 Å². The van der Waals surface area contributed by atoms with Crippen molar-refractivity contribution in [1.29, 1.82) is 0 Å². The van der Waals surface area contributed by atoms with Crippen molar-refractivity contribution < 1.29 is 14.3 Å². The highest BCUT2D eigenvalue weighted by Crippen LogP contribution is 2.19. The van der Waals surface area contributed by atoms with Gasteiger partial charge in [0.15, 0.2) is 5.69 Å². The third-order valence-corrected chi connectivity index (χ3v) is 3.42. The van der Waals surface area contributed by atoms with Crippen molar-refractivity contribution in [3.63, 3.8) is 0 Å². The molecular weight excluding hydrogens is 262 g/mol. The zero-order valence-electron chi connectivity index (χ0n) is 11.6. The van der Waals surface area contributed by atoms with E-state index in [4.69, 9.17) is 5.73 Å². The number of aromatic nitrogens is 2. The zero-order valence-corrected chi connectivity index (χ0v) is 11.6. The summed E-state index contributed by atoms with van der Waals surface area (Å²) >= 11 is 0. The smallest absolute Gasteiger partial charge is 0.407 e. The Kier molecular flexibility index (Phi) is 4.11. The molecule has 1 fully saturated rings. The standard InChI is InChI=1S/C12H19N5O3/c1-3-8-9(13)10(16-15-8)11(18)17-5-4-7(6-17)14-12(19)20-2/h7H,3-6,13H2,1-2H3,(H,14,19)(H,15,16). The molecule has 0 aliphatic carbocycles. The maximum absolute atomic E-state index is 12.3. The summed E-state index contributed by atoms with van der Waals surface area (Å²) in [6.07, 6.45) is 0.890. The number of hydrogen-bond donors (Lipinski definition) is 3. The molecule has 20 heavy (non-hydrogen) atoms. The monoisotopic (exact) mass is 281 g/mol. The van der Waals surface area contributed by atoms with Crippen molar-refractivity contribution in [1.82, 2.24) is 20.4 Å². The van der Waals surface area contributed by atoms with Gasteiger partial charge in [0.25, 0.3) is 5.91 Å². The number of nitrogen functional groups attached to an aromatic ring is 1. The van der Waals surface area contributed by atoms with Gasteiger partial charge in [-0.15, -0.1) is 0 Å². The number of rotatable bonds is 3. The third kappa shape index (κ3) is 2.68. The van der Waals surface area contributed by atoms with Crippen LogP contribution in [-0.2, 0) is 11.2 Å². The first kappa shape index (κ1) is 14.2. The number of ether oxygens (including phenoxy) is 1.